The van der Waals surface area contributed by atoms with E-state index in [0.717, 1.165) is 5.69 Å². The number of hydrogen-bond donors (Lipinski definition) is 1. The molecule has 1 aromatic rings. The average molecular weight is 231 g/mol. The van der Waals surface area contributed by atoms with E-state index in [1.807, 2.05) is 30.3 Å². The molecule has 0 bridgehead atoms. The third-order valence-electron chi connectivity index (χ3n) is 3.81. The molecule has 0 aromatic heterocycles. The predicted octanol–water partition coefficient (Wildman–Crippen LogP) is 3.84. The summed E-state index contributed by atoms with van der Waals surface area (Å²) in [4.78, 5) is 12.1. The molecule has 0 unspecified atom stereocenters. The lowest BCUT2D eigenvalue weighted by Crippen LogP contribution is -2.28. The maximum Gasteiger partial charge on any atom is 0.227 e. The first-order valence-corrected chi connectivity index (χ1v) is 6.63. The van der Waals surface area contributed by atoms with Gasteiger partial charge in [-0.25, -0.2) is 0 Å². The number of benzene rings is 1. The number of carbonyl (C=O) groups is 1. The van der Waals surface area contributed by atoms with E-state index in [9.17, 15) is 4.79 Å². The van der Waals surface area contributed by atoms with Gasteiger partial charge in [0, 0.05) is 11.6 Å². The fourth-order valence-corrected chi connectivity index (χ4v) is 2.63. The van der Waals surface area contributed by atoms with Gasteiger partial charge in [0.2, 0.25) is 5.91 Å². The van der Waals surface area contributed by atoms with Gasteiger partial charge < -0.3 is 5.32 Å². The molecule has 1 atom stereocenters. The van der Waals surface area contributed by atoms with Crippen LogP contribution in [0.5, 0.6) is 0 Å². The minimum absolute atomic E-state index is 0.135. The summed E-state index contributed by atoms with van der Waals surface area (Å²) in [5, 5.41) is 3.00. The standard InChI is InChI=1S/C15H21NO/c1-12(13-8-4-2-5-9-13)15(17)16-14-10-6-3-7-11-14/h3,6-7,10-13H,2,4-5,8-9H2,1H3,(H,16,17)/t12-/m0/s1. The molecule has 0 spiro atoms. The molecule has 0 saturated heterocycles. The minimum Gasteiger partial charge on any atom is -0.326 e. The van der Waals surface area contributed by atoms with Gasteiger partial charge in [-0.3, -0.25) is 4.79 Å². The molecule has 0 aliphatic heterocycles. The highest BCUT2D eigenvalue weighted by molar-refractivity contribution is 5.92. The van der Waals surface area contributed by atoms with Gasteiger partial charge in [-0.05, 0) is 30.9 Å². The number of carbonyl (C=O) groups excluding carboxylic acids is 1. The van der Waals surface area contributed by atoms with Gasteiger partial charge in [-0.1, -0.05) is 44.4 Å². The molecule has 0 radical (unpaired) electrons. The molecule has 1 aliphatic rings. The molecule has 1 N–H and O–H groups in total. The topological polar surface area (TPSA) is 29.1 Å². The van der Waals surface area contributed by atoms with E-state index in [1.165, 1.54) is 32.1 Å². The van der Waals surface area contributed by atoms with Crippen molar-refractivity contribution in [1.82, 2.24) is 0 Å². The van der Waals surface area contributed by atoms with Crippen LogP contribution in [0.2, 0.25) is 0 Å². The molecule has 1 aliphatic carbocycles. The third kappa shape index (κ3) is 3.32. The maximum absolute atomic E-state index is 12.1. The first kappa shape index (κ1) is 12.2. The van der Waals surface area contributed by atoms with Crippen LogP contribution in [0.3, 0.4) is 0 Å². The van der Waals surface area contributed by atoms with E-state index in [2.05, 4.69) is 12.2 Å². The fourth-order valence-electron chi connectivity index (χ4n) is 2.63. The van der Waals surface area contributed by atoms with Gasteiger partial charge in [0.1, 0.15) is 0 Å². The summed E-state index contributed by atoms with van der Waals surface area (Å²) in [5.74, 6) is 0.881. The number of nitrogens with one attached hydrogen (secondary N) is 1. The molecule has 92 valence electrons. The normalized spacial score (nSPS) is 18.6. The van der Waals surface area contributed by atoms with E-state index in [4.69, 9.17) is 0 Å². The minimum atomic E-state index is 0.135. The quantitative estimate of drug-likeness (QED) is 0.841. The lowest BCUT2D eigenvalue weighted by molar-refractivity contribution is -0.121. The van der Waals surface area contributed by atoms with Crippen molar-refractivity contribution in [1.29, 1.82) is 0 Å². The van der Waals surface area contributed by atoms with Crippen molar-refractivity contribution < 1.29 is 4.79 Å². The van der Waals surface area contributed by atoms with Crippen LogP contribution in [0.1, 0.15) is 39.0 Å². The zero-order chi connectivity index (χ0) is 12.1. The molecular weight excluding hydrogens is 210 g/mol. The van der Waals surface area contributed by atoms with Crippen LogP contribution >= 0.6 is 0 Å². The van der Waals surface area contributed by atoms with Crippen molar-refractivity contribution in [3.05, 3.63) is 30.3 Å². The second kappa shape index (κ2) is 5.85. The molecule has 1 saturated carbocycles. The average Bonchev–Trinajstić information content (AvgIpc) is 2.40. The van der Waals surface area contributed by atoms with Crippen LogP contribution in [0.15, 0.2) is 30.3 Å². The Kier molecular flexibility index (Phi) is 4.18. The fraction of sp³-hybridized carbons (Fsp3) is 0.533. The summed E-state index contributed by atoms with van der Waals surface area (Å²) < 4.78 is 0. The van der Waals surface area contributed by atoms with Crippen LogP contribution in [-0.4, -0.2) is 5.91 Å². The van der Waals surface area contributed by atoms with E-state index in [1.54, 1.807) is 0 Å². The van der Waals surface area contributed by atoms with Crippen molar-refractivity contribution in [3.8, 4) is 0 Å². The Morgan fingerprint density at radius 1 is 1.18 bits per heavy atom. The van der Waals surface area contributed by atoms with E-state index < -0.39 is 0 Å². The number of rotatable bonds is 3. The monoisotopic (exact) mass is 231 g/mol. The zero-order valence-electron chi connectivity index (χ0n) is 10.5. The summed E-state index contributed by atoms with van der Waals surface area (Å²) in [6.07, 6.45) is 6.33. The van der Waals surface area contributed by atoms with Crippen LogP contribution in [0.4, 0.5) is 5.69 Å². The van der Waals surface area contributed by atoms with Crippen molar-refractivity contribution in [3.63, 3.8) is 0 Å². The first-order chi connectivity index (χ1) is 8.27. The van der Waals surface area contributed by atoms with Gasteiger partial charge in [0.25, 0.3) is 0 Å². The number of para-hydroxylation sites is 1. The van der Waals surface area contributed by atoms with Gasteiger partial charge in [-0.15, -0.1) is 0 Å². The number of hydrogen-bond acceptors (Lipinski definition) is 1. The Labute approximate surface area is 103 Å². The molecule has 2 rings (SSSR count). The maximum atomic E-state index is 12.1. The van der Waals surface area contributed by atoms with Crippen LogP contribution in [-0.2, 0) is 4.79 Å². The molecule has 1 aromatic carbocycles. The summed E-state index contributed by atoms with van der Waals surface area (Å²) in [5.41, 5.74) is 0.903. The summed E-state index contributed by atoms with van der Waals surface area (Å²) >= 11 is 0. The SMILES string of the molecule is C[C@H](C(=O)Nc1ccccc1)C1CCCCC1. The Balaban J connectivity index is 1.90. The Hall–Kier alpha value is -1.31. The van der Waals surface area contributed by atoms with E-state index >= 15 is 0 Å². The van der Waals surface area contributed by atoms with Crippen LogP contribution < -0.4 is 5.32 Å². The highest BCUT2D eigenvalue weighted by Gasteiger charge is 2.25. The second-order valence-electron chi connectivity index (χ2n) is 5.04. The van der Waals surface area contributed by atoms with Crippen molar-refractivity contribution >= 4 is 11.6 Å². The van der Waals surface area contributed by atoms with Gasteiger partial charge in [0.05, 0.1) is 0 Å². The molecule has 1 amide bonds. The Bertz CT molecular complexity index is 354. The summed E-state index contributed by atoms with van der Waals surface area (Å²) in [6, 6.07) is 9.72. The predicted molar refractivity (Wildman–Crippen MR) is 70.8 cm³/mol. The second-order valence-corrected chi connectivity index (χ2v) is 5.04. The first-order valence-electron chi connectivity index (χ1n) is 6.63. The van der Waals surface area contributed by atoms with Crippen LogP contribution in [0.25, 0.3) is 0 Å². The van der Waals surface area contributed by atoms with Gasteiger partial charge in [-0.2, -0.15) is 0 Å². The van der Waals surface area contributed by atoms with Crippen molar-refractivity contribution in [2.45, 2.75) is 39.0 Å². The Morgan fingerprint density at radius 3 is 2.47 bits per heavy atom. The highest BCUT2D eigenvalue weighted by atomic mass is 16.1. The summed E-state index contributed by atoms with van der Waals surface area (Å²) in [6.45, 7) is 2.06. The largest absolute Gasteiger partial charge is 0.326 e. The van der Waals surface area contributed by atoms with Crippen molar-refractivity contribution in [2.75, 3.05) is 5.32 Å². The Morgan fingerprint density at radius 2 is 1.82 bits per heavy atom. The molecular formula is C15H21NO. The molecule has 2 nitrogen and oxygen atoms in total. The lowest BCUT2D eigenvalue weighted by atomic mass is 9.80. The molecule has 2 heteroatoms. The zero-order valence-corrected chi connectivity index (χ0v) is 10.5. The molecule has 0 heterocycles. The van der Waals surface area contributed by atoms with Crippen molar-refractivity contribution in [2.24, 2.45) is 11.8 Å². The highest BCUT2D eigenvalue weighted by Crippen LogP contribution is 2.30. The van der Waals surface area contributed by atoms with Gasteiger partial charge in [0.15, 0.2) is 0 Å². The number of anilines is 1. The third-order valence-corrected chi connectivity index (χ3v) is 3.81. The van der Waals surface area contributed by atoms with E-state index in [-0.39, 0.29) is 11.8 Å². The lowest BCUT2D eigenvalue weighted by Gasteiger charge is -2.26. The number of amides is 1. The smallest absolute Gasteiger partial charge is 0.227 e. The summed E-state index contributed by atoms with van der Waals surface area (Å²) in [7, 11) is 0. The molecule has 17 heavy (non-hydrogen) atoms. The molecule has 1 fully saturated rings. The van der Waals surface area contributed by atoms with Crippen LogP contribution in [0, 0.1) is 11.8 Å². The van der Waals surface area contributed by atoms with Gasteiger partial charge >= 0.3 is 0 Å². The van der Waals surface area contributed by atoms with E-state index in [0.29, 0.717) is 5.92 Å².